The topological polar surface area (TPSA) is 109 Å². The van der Waals surface area contributed by atoms with E-state index in [2.05, 4.69) is 22.4 Å². The average molecular weight is 452 g/mol. The summed E-state index contributed by atoms with van der Waals surface area (Å²) >= 11 is 0.955. The van der Waals surface area contributed by atoms with E-state index in [1.54, 1.807) is 0 Å². The predicted octanol–water partition coefficient (Wildman–Crippen LogP) is 4.05. The van der Waals surface area contributed by atoms with Crippen LogP contribution < -0.4 is 5.32 Å². The predicted molar refractivity (Wildman–Crippen MR) is 120 cm³/mol. The molecule has 2 amide bonds. The van der Waals surface area contributed by atoms with Crippen LogP contribution >= 0.6 is 11.3 Å². The van der Waals surface area contributed by atoms with Gasteiger partial charge in [0.25, 0.3) is 5.91 Å². The Hall–Kier alpha value is -3.72. The van der Waals surface area contributed by atoms with Gasteiger partial charge in [-0.05, 0) is 29.2 Å². The zero-order chi connectivity index (χ0) is 22.8. The van der Waals surface area contributed by atoms with Gasteiger partial charge in [-0.1, -0.05) is 59.9 Å². The lowest BCUT2D eigenvalue weighted by Crippen LogP contribution is -2.39. The van der Waals surface area contributed by atoms with E-state index < -0.39 is 24.0 Å². The van der Waals surface area contributed by atoms with Gasteiger partial charge in [-0.15, -0.1) is 0 Å². The zero-order valence-electron chi connectivity index (χ0n) is 17.4. The third-order valence-corrected chi connectivity index (χ3v) is 6.43. The Morgan fingerprint density at radius 2 is 1.72 bits per heavy atom. The maximum atomic E-state index is 12.4. The molecule has 2 N–H and O–H groups in total. The number of ether oxygens (including phenoxy) is 1. The van der Waals surface area contributed by atoms with Crippen LogP contribution in [0.4, 0.5) is 9.93 Å². The second-order valence-corrected chi connectivity index (χ2v) is 8.44. The summed E-state index contributed by atoms with van der Waals surface area (Å²) in [5, 5.41) is 11.8. The Morgan fingerprint density at radius 1 is 1.12 bits per heavy atom. The van der Waals surface area contributed by atoms with Crippen molar-refractivity contribution in [2.45, 2.75) is 18.9 Å². The van der Waals surface area contributed by atoms with Crippen molar-refractivity contribution < 1.29 is 24.2 Å². The summed E-state index contributed by atoms with van der Waals surface area (Å²) in [4.78, 5) is 41.2. The molecule has 164 valence electrons. The van der Waals surface area contributed by atoms with Crippen molar-refractivity contribution in [3.8, 4) is 11.1 Å². The number of thiazole rings is 1. The second kappa shape index (κ2) is 8.80. The highest BCUT2D eigenvalue weighted by Crippen LogP contribution is 2.44. The van der Waals surface area contributed by atoms with Crippen molar-refractivity contribution in [1.82, 2.24) is 9.88 Å². The molecular formula is C23H21N3O5S. The highest BCUT2D eigenvalue weighted by atomic mass is 32.1. The van der Waals surface area contributed by atoms with E-state index in [0.717, 1.165) is 38.5 Å². The molecule has 1 atom stereocenters. The maximum absolute atomic E-state index is 12.4. The van der Waals surface area contributed by atoms with Crippen molar-refractivity contribution in [3.63, 3.8) is 0 Å². The number of rotatable bonds is 6. The quantitative estimate of drug-likeness (QED) is 0.585. The van der Waals surface area contributed by atoms with Gasteiger partial charge in [-0.2, -0.15) is 0 Å². The molecule has 8 nitrogen and oxygen atoms in total. The molecular weight excluding hydrogens is 430 g/mol. The Bertz CT molecular complexity index is 1150. The molecule has 0 fully saturated rings. The van der Waals surface area contributed by atoms with Gasteiger partial charge in [-0.25, -0.2) is 14.6 Å². The van der Waals surface area contributed by atoms with Gasteiger partial charge >= 0.3 is 12.1 Å². The van der Waals surface area contributed by atoms with Crippen LogP contribution in [0.15, 0.2) is 54.7 Å². The number of carbonyl (C=O) groups excluding carboxylic acids is 2. The fourth-order valence-electron chi connectivity index (χ4n) is 3.67. The number of aromatic nitrogens is 1. The lowest BCUT2D eigenvalue weighted by atomic mass is 9.98. The average Bonchev–Trinajstić information content (AvgIpc) is 3.38. The van der Waals surface area contributed by atoms with Crippen molar-refractivity contribution in [3.05, 3.63) is 70.7 Å². The van der Waals surface area contributed by atoms with Crippen molar-refractivity contribution in [2.75, 3.05) is 19.0 Å². The summed E-state index contributed by atoms with van der Waals surface area (Å²) in [5.41, 5.74) is 4.50. The van der Waals surface area contributed by atoms with Gasteiger partial charge in [0.05, 0.1) is 6.20 Å². The molecule has 0 saturated carbocycles. The molecule has 1 aromatic heterocycles. The smallest absolute Gasteiger partial charge is 0.413 e. The van der Waals surface area contributed by atoms with Crippen LogP contribution in [0.1, 0.15) is 33.6 Å². The molecule has 0 unspecified atom stereocenters. The summed E-state index contributed by atoms with van der Waals surface area (Å²) in [6.07, 6.45) is 0.629. The van der Waals surface area contributed by atoms with E-state index in [1.165, 1.54) is 20.2 Å². The molecule has 0 bridgehead atoms. The summed E-state index contributed by atoms with van der Waals surface area (Å²) in [6, 6.07) is 15.1. The zero-order valence-corrected chi connectivity index (χ0v) is 18.3. The third kappa shape index (κ3) is 4.06. The molecule has 3 aromatic rings. The van der Waals surface area contributed by atoms with Crippen LogP contribution in [-0.4, -0.2) is 52.7 Å². The molecule has 1 aliphatic carbocycles. The second-order valence-electron chi connectivity index (χ2n) is 7.41. The minimum atomic E-state index is -1.11. The number of likely N-dealkylation sites (N-methyl/N-ethyl adjacent to an activating group) is 1. The van der Waals surface area contributed by atoms with Crippen LogP contribution in [0.5, 0.6) is 0 Å². The summed E-state index contributed by atoms with van der Waals surface area (Å²) < 4.78 is 5.47. The van der Waals surface area contributed by atoms with Crippen LogP contribution in [0.25, 0.3) is 11.1 Å². The number of nitrogens with one attached hydrogen (secondary N) is 1. The number of aliphatic carboxylic acids is 1. The molecule has 0 radical (unpaired) electrons. The number of hydrogen-bond acceptors (Lipinski definition) is 6. The first-order valence-corrected chi connectivity index (χ1v) is 10.8. The van der Waals surface area contributed by atoms with Gasteiger partial charge in [0.2, 0.25) is 0 Å². The molecule has 9 heteroatoms. The molecule has 0 aliphatic heterocycles. The first kappa shape index (κ1) is 21.5. The third-order valence-electron chi connectivity index (χ3n) is 5.53. The number of fused-ring (bicyclic) bond motifs is 3. The molecule has 0 spiro atoms. The van der Waals surface area contributed by atoms with Crippen LogP contribution in [0.2, 0.25) is 0 Å². The lowest BCUT2D eigenvalue weighted by Gasteiger charge is -2.20. The lowest BCUT2D eigenvalue weighted by molar-refractivity contribution is -0.141. The summed E-state index contributed by atoms with van der Waals surface area (Å²) in [6.45, 7) is 1.58. The van der Waals surface area contributed by atoms with Crippen LogP contribution in [-0.2, 0) is 9.53 Å². The minimum absolute atomic E-state index is 0.0623. The van der Waals surface area contributed by atoms with E-state index in [4.69, 9.17) is 9.84 Å². The van der Waals surface area contributed by atoms with E-state index >= 15 is 0 Å². The number of anilines is 1. The Kier molecular flexibility index (Phi) is 5.91. The van der Waals surface area contributed by atoms with Gasteiger partial charge in [0, 0.05) is 13.0 Å². The highest BCUT2D eigenvalue weighted by molar-refractivity contribution is 7.17. The van der Waals surface area contributed by atoms with Crippen molar-refractivity contribution >= 4 is 34.4 Å². The van der Waals surface area contributed by atoms with Crippen LogP contribution in [0, 0.1) is 0 Å². The molecule has 0 saturated heterocycles. The minimum Gasteiger partial charge on any atom is -0.480 e. The van der Waals surface area contributed by atoms with Crippen molar-refractivity contribution in [1.29, 1.82) is 0 Å². The Morgan fingerprint density at radius 3 is 2.31 bits per heavy atom. The first-order valence-electron chi connectivity index (χ1n) is 9.94. The number of carboxylic acids is 1. The summed E-state index contributed by atoms with van der Waals surface area (Å²) in [7, 11) is 1.40. The number of nitrogens with zero attached hydrogens (tertiary/aromatic N) is 2. The molecule has 1 heterocycles. The van der Waals surface area contributed by atoms with Crippen LogP contribution in [0.3, 0.4) is 0 Å². The van der Waals surface area contributed by atoms with Gasteiger partial charge < -0.3 is 14.7 Å². The van der Waals surface area contributed by atoms with E-state index in [9.17, 15) is 14.4 Å². The molecule has 2 aromatic carbocycles. The standard InChI is InChI=1S/C23H21N3O5S/c1-13(21(28)29)26(2)20(27)19-11-24-22(32-19)25-23(30)31-12-18-16-9-5-3-7-14(16)15-8-4-6-10-17(15)18/h3-11,13,18H,12H2,1-2H3,(H,28,29)(H,24,25,30)/t13-/m0/s1. The monoisotopic (exact) mass is 451 g/mol. The normalized spacial score (nSPS) is 13.1. The van der Waals surface area contributed by atoms with Crippen molar-refractivity contribution in [2.24, 2.45) is 0 Å². The molecule has 1 aliphatic rings. The number of benzene rings is 2. The number of amides is 2. The van der Waals surface area contributed by atoms with Gasteiger partial charge in [0.15, 0.2) is 5.13 Å². The Balaban J connectivity index is 1.40. The fraction of sp³-hybridized carbons (Fsp3) is 0.217. The number of carboxylic acid groups (broad SMARTS) is 1. The number of carbonyl (C=O) groups is 3. The fourth-order valence-corrected chi connectivity index (χ4v) is 4.45. The SMILES string of the molecule is C[C@@H](C(=O)O)N(C)C(=O)c1cnc(NC(=O)OCC2c3ccccc3-c3ccccc32)s1. The number of hydrogen-bond donors (Lipinski definition) is 2. The largest absolute Gasteiger partial charge is 0.480 e. The molecule has 4 rings (SSSR count). The van der Waals surface area contributed by atoms with E-state index in [1.807, 2.05) is 36.4 Å². The molecule has 32 heavy (non-hydrogen) atoms. The summed E-state index contributed by atoms with van der Waals surface area (Å²) in [5.74, 6) is -1.66. The highest BCUT2D eigenvalue weighted by Gasteiger charge is 2.29. The van der Waals surface area contributed by atoms with E-state index in [0.29, 0.717) is 0 Å². The van der Waals surface area contributed by atoms with Gasteiger partial charge in [-0.3, -0.25) is 10.1 Å². The first-order chi connectivity index (χ1) is 15.4. The van der Waals surface area contributed by atoms with E-state index in [-0.39, 0.29) is 22.5 Å². The Labute approximate surface area is 188 Å². The maximum Gasteiger partial charge on any atom is 0.413 e. The van der Waals surface area contributed by atoms with Gasteiger partial charge in [0.1, 0.15) is 17.5 Å².